The predicted octanol–water partition coefficient (Wildman–Crippen LogP) is 9.33. The average Bonchev–Trinajstić information content (AvgIpc) is 3.36. The van der Waals surface area contributed by atoms with Crippen LogP contribution in [0.15, 0.2) is 22.6 Å². The second-order valence-corrected chi connectivity index (χ2v) is 12.4. The van der Waals surface area contributed by atoms with E-state index in [2.05, 4.69) is 24.9 Å². The van der Waals surface area contributed by atoms with Gasteiger partial charge in [-0.15, -0.1) is 11.3 Å². The zero-order chi connectivity index (χ0) is 32.8. The molecule has 1 rings (SSSR count). The highest BCUT2D eigenvalue weighted by Crippen LogP contribution is 2.24. The number of carbonyl (C=O) groups is 3. The van der Waals surface area contributed by atoms with Crippen LogP contribution < -0.4 is 0 Å². The van der Waals surface area contributed by atoms with Crippen LogP contribution in [0.5, 0.6) is 0 Å². The Morgan fingerprint density at radius 3 is 2.12 bits per heavy atom. The Labute approximate surface area is 261 Å². The van der Waals surface area contributed by atoms with E-state index in [9.17, 15) is 19.5 Å². The van der Waals surface area contributed by atoms with Crippen molar-refractivity contribution in [3.05, 3.63) is 33.3 Å². The maximum Gasteiger partial charge on any atom is 0.306 e. The van der Waals surface area contributed by atoms with Crippen LogP contribution in [-0.2, 0) is 19.1 Å². The molecule has 0 saturated heterocycles. The minimum atomic E-state index is -0.607. The number of ketones is 2. The van der Waals surface area contributed by atoms with E-state index in [1.807, 2.05) is 66.8 Å². The van der Waals surface area contributed by atoms with Gasteiger partial charge in [-0.1, -0.05) is 66.5 Å². The van der Waals surface area contributed by atoms with E-state index < -0.39 is 6.10 Å². The number of aliphatic hydroxyl groups excluding tert-OH is 1. The number of Topliss-reactive ketones (excluding diaryl/α,β-unsaturated/α-hetero) is 2. The number of ether oxygens (including phenoxy) is 1. The summed E-state index contributed by atoms with van der Waals surface area (Å²) in [6, 6.07) is 0. The first-order valence-electron chi connectivity index (χ1n) is 15.9. The van der Waals surface area contributed by atoms with Crippen molar-refractivity contribution in [1.82, 2.24) is 4.98 Å². The Bertz CT molecular complexity index is 960. The molecule has 0 bridgehead atoms. The number of unbranched alkanes of at least 4 members (excludes halogenated alkanes) is 1. The second kappa shape index (κ2) is 24.3. The Morgan fingerprint density at radius 2 is 1.62 bits per heavy atom. The molecular weight excluding hydrogens is 546 g/mol. The number of allylic oxidation sites excluding steroid dienone is 1. The number of thiazole rings is 1. The molecule has 0 fully saturated rings. The van der Waals surface area contributed by atoms with E-state index in [0.29, 0.717) is 12.8 Å². The van der Waals surface area contributed by atoms with Gasteiger partial charge in [0.05, 0.1) is 16.8 Å². The van der Waals surface area contributed by atoms with Gasteiger partial charge in [-0.2, -0.15) is 0 Å². The lowest BCUT2D eigenvalue weighted by atomic mass is 9.83. The minimum absolute atomic E-state index is 0.00639. The van der Waals surface area contributed by atoms with Crippen LogP contribution in [0.25, 0.3) is 6.08 Å². The largest absolute Gasteiger partial charge is 0.457 e. The summed E-state index contributed by atoms with van der Waals surface area (Å²) in [5, 5.41) is 13.7. The van der Waals surface area contributed by atoms with Crippen LogP contribution in [0.2, 0.25) is 0 Å². The topological polar surface area (TPSA) is 93.6 Å². The number of carbonyl (C=O) groups excluding carboxylic acids is 3. The first-order valence-corrected chi connectivity index (χ1v) is 16.8. The first kappa shape index (κ1) is 42.0. The molecule has 0 aliphatic rings. The maximum atomic E-state index is 12.4. The summed E-state index contributed by atoms with van der Waals surface area (Å²) >= 11 is 1.61. The molecule has 0 unspecified atom stereocenters. The lowest BCUT2D eigenvalue weighted by molar-refractivity contribution is -0.147. The van der Waals surface area contributed by atoms with E-state index in [0.717, 1.165) is 54.8 Å². The quantitative estimate of drug-likeness (QED) is 0.140. The Balaban J connectivity index is 0. The Kier molecular flexibility index (Phi) is 24.3. The van der Waals surface area contributed by atoms with Gasteiger partial charge >= 0.3 is 5.97 Å². The molecule has 0 amide bonds. The molecule has 0 spiro atoms. The zero-order valence-electron chi connectivity index (χ0n) is 28.7. The lowest BCUT2D eigenvalue weighted by Crippen LogP contribution is -2.34. The third kappa shape index (κ3) is 19.1. The average molecular weight is 608 g/mol. The van der Waals surface area contributed by atoms with E-state index in [1.165, 1.54) is 19.4 Å². The molecule has 5 atom stereocenters. The van der Waals surface area contributed by atoms with Crippen molar-refractivity contribution in [2.75, 3.05) is 0 Å². The standard InChI is InChI=1S/C30H49NO4S.C3H6O.C2H6/c1-9-11-15-28(32)35-27(23(6)18-26-19-36-25(8)31-26)17-16-20(3)13-12-14-22(5)30(34)24(7)29(33)21(4)10-2;1-3(2)4;1-2/h16,18-19,21-22,24,27,30,34H,9-15,17H2,1-8H3;1-2H3;1-2H3/b20-16-,23-18+;;/t21-,22-,24-,27-,30-;;/m0../s1. The van der Waals surface area contributed by atoms with E-state index >= 15 is 0 Å². The fraction of sp³-hybridized carbons (Fsp3) is 0.714. The molecule has 1 N–H and O–H groups in total. The summed E-state index contributed by atoms with van der Waals surface area (Å²) in [6.07, 6.45) is 9.66. The van der Waals surface area contributed by atoms with Gasteiger partial charge in [-0.05, 0) is 84.3 Å². The Hall–Kier alpha value is -2.12. The van der Waals surface area contributed by atoms with Gasteiger partial charge in [0.15, 0.2) is 0 Å². The number of nitrogens with zero attached hydrogens (tertiary/aromatic N) is 1. The van der Waals surface area contributed by atoms with Crippen molar-refractivity contribution in [2.45, 2.75) is 147 Å². The van der Waals surface area contributed by atoms with Crippen LogP contribution in [0.4, 0.5) is 0 Å². The van der Waals surface area contributed by atoms with Gasteiger partial charge in [0.1, 0.15) is 17.7 Å². The fourth-order valence-corrected chi connectivity index (χ4v) is 4.80. The van der Waals surface area contributed by atoms with Crippen molar-refractivity contribution in [1.29, 1.82) is 0 Å². The Morgan fingerprint density at radius 1 is 1.02 bits per heavy atom. The monoisotopic (exact) mass is 607 g/mol. The van der Waals surface area contributed by atoms with Crippen LogP contribution in [0.1, 0.15) is 138 Å². The summed E-state index contributed by atoms with van der Waals surface area (Å²) < 4.78 is 5.85. The van der Waals surface area contributed by atoms with Crippen LogP contribution in [-0.4, -0.2) is 39.8 Å². The van der Waals surface area contributed by atoms with Crippen LogP contribution >= 0.6 is 11.3 Å². The summed E-state index contributed by atoms with van der Waals surface area (Å²) in [7, 11) is 0. The molecule has 1 aromatic heterocycles. The molecule has 0 radical (unpaired) electrons. The molecule has 42 heavy (non-hydrogen) atoms. The molecule has 1 aromatic rings. The van der Waals surface area contributed by atoms with Gasteiger partial charge < -0.3 is 14.6 Å². The predicted molar refractivity (Wildman–Crippen MR) is 179 cm³/mol. The smallest absolute Gasteiger partial charge is 0.306 e. The molecule has 0 aromatic carbocycles. The number of aromatic nitrogens is 1. The van der Waals surface area contributed by atoms with Crippen LogP contribution in [0.3, 0.4) is 0 Å². The summed E-state index contributed by atoms with van der Waals surface area (Å²) in [4.78, 5) is 38.8. The van der Waals surface area contributed by atoms with Crippen LogP contribution in [0, 0.1) is 24.7 Å². The summed E-state index contributed by atoms with van der Waals surface area (Å²) in [5.41, 5.74) is 3.14. The van der Waals surface area contributed by atoms with Crippen molar-refractivity contribution >= 4 is 34.9 Å². The second-order valence-electron chi connectivity index (χ2n) is 11.3. The van der Waals surface area contributed by atoms with Gasteiger partial charge in [-0.25, -0.2) is 4.98 Å². The third-order valence-electron chi connectivity index (χ3n) is 7.08. The van der Waals surface area contributed by atoms with Gasteiger partial charge in [0.2, 0.25) is 0 Å². The third-order valence-corrected chi connectivity index (χ3v) is 7.87. The highest BCUT2D eigenvalue weighted by molar-refractivity contribution is 7.09. The number of aryl methyl sites for hydroxylation is 1. The van der Waals surface area contributed by atoms with Crippen molar-refractivity contribution in [2.24, 2.45) is 17.8 Å². The van der Waals surface area contributed by atoms with Gasteiger partial charge in [-0.3, -0.25) is 9.59 Å². The molecule has 0 aliphatic heterocycles. The zero-order valence-corrected chi connectivity index (χ0v) is 29.5. The summed E-state index contributed by atoms with van der Waals surface area (Å²) in [5.74, 6) is -0.0957. The highest BCUT2D eigenvalue weighted by atomic mass is 32.1. The maximum absolute atomic E-state index is 12.4. The van der Waals surface area contributed by atoms with E-state index in [4.69, 9.17) is 4.74 Å². The van der Waals surface area contributed by atoms with E-state index in [-0.39, 0.29) is 41.4 Å². The van der Waals surface area contributed by atoms with Crippen molar-refractivity contribution < 1.29 is 24.2 Å². The number of esters is 1. The number of aliphatic hydroxyl groups is 1. The lowest BCUT2D eigenvalue weighted by Gasteiger charge is -2.26. The van der Waals surface area contributed by atoms with Gasteiger partial charge in [0, 0.05) is 30.1 Å². The number of hydrogen-bond donors (Lipinski definition) is 1. The molecule has 0 aliphatic carbocycles. The summed E-state index contributed by atoms with van der Waals surface area (Å²) in [6.45, 7) is 23.0. The molecule has 7 heteroatoms. The molecule has 1 heterocycles. The minimum Gasteiger partial charge on any atom is -0.457 e. The van der Waals surface area contributed by atoms with E-state index in [1.54, 1.807) is 11.3 Å². The molecule has 6 nitrogen and oxygen atoms in total. The molecule has 242 valence electrons. The SMILES string of the molecule is CC.CC(C)=O.CCCCC(=O)O[C@@H](C/C=C(/C)CCC[C@H](C)[C@H](O)[C@@H](C)C(=O)[C@@H](C)CC)/C(C)=C/c1csc(C)n1. The normalized spacial score (nSPS) is 15.2. The van der Waals surface area contributed by atoms with Crippen molar-refractivity contribution in [3.63, 3.8) is 0 Å². The van der Waals surface area contributed by atoms with Gasteiger partial charge in [0.25, 0.3) is 0 Å². The van der Waals surface area contributed by atoms with Crippen molar-refractivity contribution in [3.8, 4) is 0 Å². The highest BCUT2D eigenvalue weighted by Gasteiger charge is 2.28. The first-order chi connectivity index (χ1) is 19.7. The molecule has 0 saturated carbocycles. The molecular formula is C35H61NO5S. The fourth-order valence-electron chi connectivity index (χ4n) is 4.23. The number of rotatable bonds is 17. The number of hydrogen-bond acceptors (Lipinski definition) is 7.